The van der Waals surface area contributed by atoms with E-state index in [2.05, 4.69) is 52.5 Å². The van der Waals surface area contributed by atoms with E-state index in [1.807, 2.05) is 30.3 Å². The van der Waals surface area contributed by atoms with E-state index in [-0.39, 0.29) is 0 Å². The van der Waals surface area contributed by atoms with E-state index in [9.17, 15) is 0 Å². The Morgan fingerprint density at radius 3 is 2.54 bits per heavy atom. The number of para-hydroxylation sites is 2. The molecule has 4 aromatic rings. The molecule has 1 unspecified atom stereocenters. The van der Waals surface area contributed by atoms with E-state index in [1.165, 1.54) is 32.8 Å². The first-order valence-corrected chi connectivity index (χ1v) is 13.6. The van der Waals surface area contributed by atoms with Gasteiger partial charge in [0.15, 0.2) is 0 Å². The van der Waals surface area contributed by atoms with Gasteiger partial charge in [-0.25, -0.2) is 0 Å². The minimum Gasteiger partial charge on any atom is -0.381 e. The second kappa shape index (κ2) is 9.77. The van der Waals surface area contributed by atoms with Crippen LogP contribution in [0.2, 0.25) is 0 Å². The smallest absolute Gasteiger partial charge is 0.205 e. The maximum Gasteiger partial charge on any atom is 0.205 e. The molecule has 0 bridgehead atoms. The molecule has 37 heavy (non-hydrogen) atoms. The Labute approximate surface area is 217 Å². The van der Waals surface area contributed by atoms with Gasteiger partial charge in [-0.1, -0.05) is 36.4 Å². The van der Waals surface area contributed by atoms with Crippen LogP contribution >= 0.6 is 0 Å². The van der Waals surface area contributed by atoms with Crippen molar-refractivity contribution in [2.24, 2.45) is 5.92 Å². The average Bonchev–Trinajstić information content (AvgIpc) is 3.56. The molecule has 0 saturated carbocycles. The zero-order valence-electron chi connectivity index (χ0n) is 21.1. The Morgan fingerprint density at radius 2 is 1.68 bits per heavy atom. The Morgan fingerprint density at radius 1 is 0.892 bits per heavy atom. The van der Waals surface area contributed by atoms with Crippen molar-refractivity contribution in [3.63, 3.8) is 0 Å². The molecule has 3 aliphatic heterocycles. The van der Waals surface area contributed by atoms with E-state index in [0.29, 0.717) is 12.0 Å². The first-order chi connectivity index (χ1) is 18.3. The lowest BCUT2D eigenvalue weighted by Gasteiger charge is -2.40. The summed E-state index contributed by atoms with van der Waals surface area (Å²) in [6, 6.07) is 23.4. The summed E-state index contributed by atoms with van der Waals surface area (Å²) >= 11 is 0. The number of H-pyrrole nitrogens is 1. The van der Waals surface area contributed by atoms with Crippen LogP contribution in [0.15, 0.2) is 72.9 Å². The Hall–Kier alpha value is -3.48. The summed E-state index contributed by atoms with van der Waals surface area (Å²) in [5, 5.41) is 2.86. The lowest BCUT2D eigenvalue weighted by molar-refractivity contribution is 0.0423. The van der Waals surface area contributed by atoms with Crippen LogP contribution in [-0.2, 0) is 17.6 Å². The highest BCUT2D eigenvalue weighted by Crippen LogP contribution is 2.44. The first-order valence-electron chi connectivity index (χ1n) is 13.6. The van der Waals surface area contributed by atoms with Crippen molar-refractivity contribution >= 4 is 16.6 Å². The number of hydrogen-bond donors (Lipinski definition) is 1. The molecule has 1 atom stereocenters. The van der Waals surface area contributed by atoms with Crippen LogP contribution in [-0.4, -0.2) is 36.2 Å². The third-order valence-electron chi connectivity index (χ3n) is 8.20. The van der Waals surface area contributed by atoms with E-state index in [0.717, 1.165) is 75.6 Å². The van der Waals surface area contributed by atoms with Gasteiger partial charge in [-0.15, -0.1) is 0 Å². The van der Waals surface area contributed by atoms with Gasteiger partial charge in [-0.2, -0.15) is 0 Å². The van der Waals surface area contributed by atoms with Crippen molar-refractivity contribution in [3.8, 4) is 11.5 Å². The second-order valence-corrected chi connectivity index (χ2v) is 10.5. The van der Waals surface area contributed by atoms with Crippen LogP contribution in [0, 0.1) is 5.92 Å². The van der Waals surface area contributed by atoms with Crippen molar-refractivity contribution in [2.45, 2.75) is 38.1 Å². The SMILES string of the molecule is c1ccc(N2Oc3cc4c(cc3O2)C(CCc2c[nH]c3ccccc23)N(CC2CCOCC2)CC4)cc1. The van der Waals surface area contributed by atoms with Crippen molar-refractivity contribution in [1.29, 1.82) is 0 Å². The fourth-order valence-electron chi connectivity index (χ4n) is 6.20. The van der Waals surface area contributed by atoms with E-state index in [1.54, 1.807) is 0 Å². The zero-order chi connectivity index (χ0) is 24.6. The summed E-state index contributed by atoms with van der Waals surface area (Å²) in [6.07, 6.45) is 7.64. The standard InChI is InChI=1S/C31H33N3O3/c1-2-6-25(7-3-1)34-36-30-18-23-12-15-33(21-22-13-16-35-17-14-22)29(27(23)19-31(30)37-34)11-10-24-20-32-28-9-5-4-8-26(24)28/h1-9,18-20,22,29,32H,10-17,21H2. The molecule has 1 aromatic heterocycles. The van der Waals surface area contributed by atoms with Crippen molar-refractivity contribution in [2.75, 3.05) is 31.5 Å². The normalized spacial score (nSPS) is 19.9. The van der Waals surface area contributed by atoms with E-state index < -0.39 is 0 Å². The number of rotatable bonds is 6. The molecule has 1 fully saturated rings. The number of nitrogens with zero attached hydrogens (tertiary/aromatic N) is 2. The largest absolute Gasteiger partial charge is 0.381 e. The minimum atomic E-state index is 0.347. The molecule has 1 saturated heterocycles. The van der Waals surface area contributed by atoms with Gasteiger partial charge in [-0.3, -0.25) is 4.90 Å². The summed E-state index contributed by atoms with van der Waals surface area (Å²) in [5.74, 6) is 2.30. The first kappa shape index (κ1) is 22.7. The van der Waals surface area contributed by atoms with Gasteiger partial charge >= 0.3 is 0 Å². The number of benzene rings is 3. The highest BCUT2D eigenvalue weighted by molar-refractivity contribution is 5.83. The maximum absolute atomic E-state index is 6.17. The third kappa shape index (κ3) is 4.45. The van der Waals surface area contributed by atoms with Crippen molar-refractivity contribution in [1.82, 2.24) is 9.88 Å². The quantitative estimate of drug-likeness (QED) is 0.343. The molecule has 3 aromatic carbocycles. The number of anilines is 1. The van der Waals surface area contributed by atoms with Gasteiger partial charge in [0.1, 0.15) is 5.69 Å². The number of nitrogens with one attached hydrogen (secondary N) is 1. The van der Waals surface area contributed by atoms with Crippen LogP contribution < -0.4 is 14.9 Å². The lowest BCUT2D eigenvalue weighted by Crippen LogP contribution is -2.40. The monoisotopic (exact) mass is 495 g/mol. The predicted molar refractivity (Wildman–Crippen MR) is 145 cm³/mol. The molecule has 7 rings (SSSR count). The van der Waals surface area contributed by atoms with E-state index in [4.69, 9.17) is 14.4 Å². The van der Waals surface area contributed by atoms with E-state index >= 15 is 0 Å². The molecule has 1 N–H and O–H groups in total. The van der Waals surface area contributed by atoms with Crippen LogP contribution in [0.4, 0.5) is 5.69 Å². The van der Waals surface area contributed by atoms with Gasteiger partial charge in [0, 0.05) is 49.4 Å². The number of aryl methyl sites for hydroxylation is 1. The fraction of sp³-hybridized carbons (Fsp3) is 0.355. The maximum atomic E-state index is 6.17. The zero-order valence-corrected chi connectivity index (χ0v) is 21.1. The Balaban J connectivity index is 1.18. The molecule has 4 heterocycles. The van der Waals surface area contributed by atoms with Crippen molar-refractivity contribution in [3.05, 3.63) is 89.6 Å². The Kier molecular flexibility index (Phi) is 5.99. The molecule has 6 heteroatoms. The molecule has 0 spiro atoms. The molecular formula is C31H33N3O3. The lowest BCUT2D eigenvalue weighted by atomic mass is 9.87. The number of aromatic amines is 1. The molecule has 0 aliphatic carbocycles. The Bertz CT molecular complexity index is 1380. The summed E-state index contributed by atoms with van der Waals surface area (Å²) in [5.41, 5.74) is 6.25. The number of fused-ring (bicyclic) bond motifs is 3. The van der Waals surface area contributed by atoms with Crippen molar-refractivity contribution < 1.29 is 14.4 Å². The summed E-state index contributed by atoms with van der Waals surface area (Å²) in [7, 11) is 0. The number of aromatic nitrogens is 1. The van der Waals surface area contributed by atoms with Gasteiger partial charge in [0.2, 0.25) is 11.5 Å². The molecule has 190 valence electrons. The minimum absolute atomic E-state index is 0.347. The summed E-state index contributed by atoms with van der Waals surface area (Å²) < 4.78 is 5.65. The van der Waals surface area contributed by atoms with Crippen LogP contribution in [0.5, 0.6) is 11.5 Å². The molecule has 3 aliphatic rings. The van der Waals surface area contributed by atoms with Gasteiger partial charge < -0.3 is 19.4 Å². The average molecular weight is 496 g/mol. The second-order valence-electron chi connectivity index (χ2n) is 10.5. The molecular weight excluding hydrogens is 462 g/mol. The van der Waals surface area contributed by atoms with Gasteiger partial charge in [-0.05, 0) is 90.3 Å². The highest BCUT2D eigenvalue weighted by Gasteiger charge is 2.34. The molecule has 0 radical (unpaired) electrons. The molecule has 0 amide bonds. The number of hydrogen-bond acceptors (Lipinski definition) is 5. The topological polar surface area (TPSA) is 50.0 Å². The van der Waals surface area contributed by atoms with Crippen LogP contribution in [0.1, 0.15) is 42.0 Å². The predicted octanol–water partition coefficient (Wildman–Crippen LogP) is 6.23. The van der Waals surface area contributed by atoms with Gasteiger partial charge in [0.25, 0.3) is 0 Å². The summed E-state index contributed by atoms with van der Waals surface area (Å²) in [4.78, 5) is 18.4. The summed E-state index contributed by atoms with van der Waals surface area (Å²) in [6.45, 7) is 3.99. The van der Waals surface area contributed by atoms with Crippen LogP contribution in [0.3, 0.4) is 0 Å². The third-order valence-corrected chi connectivity index (χ3v) is 8.20. The fourth-order valence-corrected chi connectivity index (χ4v) is 6.20. The van der Waals surface area contributed by atoms with Gasteiger partial charge in [0.05, 0.1) is 0 Å². The highest BCUT2D eigenvalue weighted by atomic mass is 17.0. The van der Waals surface area contributed by atoms with Crippen LogP contribution in [0.25, 0.3) is 10.9 Å². The molecule has 6 nitrogen and oxygen atoms in total. The number of ether oxygens (including phenoxy) is 1.